The van der Waals surface area contributed by atoms with Gasteiger partial charge in [-0.05, 0) is 69.8 Å². The minimum Gasteiger partial charge on any atom is -0.508 e. The number of ether oxygens (including phenoxy) is 3. The zero-order valence-electron chi connectivity index (χ0n) is 26.4. The molecule has 2 aliphatic heterocycles. The lowest BCUT2D eigenvalue weighted by molar-refractivity contribution is -0.0123. The molecule has 1 saturated carbocycles. The summed E-state index contributed by atoms with van der Waals surface area (Å²) in [4.78, 5) is 18.1. The second kappa shape index (κ2) is 11.7. The Kier molecular flexibility index (Phi) is 7.85. The van der Waals surface area contributed by atoms with Gasteiger partial charge in [-0.2, -0.15) is 9.97 Å². The van der Waals surface area contributed by atoms with Crippen molar-refractivity contribution in [3.05, 3.63) is 42.0 Å². The molecule has 2 aromatic carbocycles. The molecule has 0 spiro atoms. The number of rotatable bonds is 6. The number of benzene rings is 2. The SMILES string of the molecule is COc1nc(-c2cc(O)cc3cccc(F)c23)c(F)c2nc(OC[C@]34CCCC3N(C)CCC4)nc(N3CCOC[C@@](C)(O)C3)c12. The average molecular weight is 636 g/mol. The first-order valence-electron chi connectivity index (χ1n) is 15.8. The summed E-state index contributed by atoms with van der Waals surface area (Å²) in [5.74, 6) is -1.31. The zero-order valence-corrected chi connectivity index (χ0v) is 26.4. The van der Waals surface area contributed by atoms with Crippen LogP contribution in [-0.4, -0.2) is 95.3 Å². The summed E-state index contributed by atoms with van der Waals surface area (Å²) >= 11 is 0. The first-order chi connectivity index (χ1) is 22.1. The number of halogens is 2. The third kappa shape index (κ3) is 5.35. The van der Waals surface area contributed by atoms with E-state index in [9.17, 15) is 10.2 Å². The maximum absolute atomic E-state index is 16.9. The summed E-state index contributed by atoms with van der Waals surface area (Å²) in [5, 5.41) is 22.2. The van der Waals surface area contributed by atoms with Crippen LogP contribution in [0, 0.1) is 17.0 Å². The van der Waals surface area contributed by atoms with E-state index in [1.165, 1.54) is 31.4 Å². The Balaban J connectivity index is 1.42. The third-order valence-corrected chi connectivity index (χ3v) is 9.89. The minimum atomic E-state index is -1.21. The van der Waals surface area contributed by atoms with E-state index in [2.05, 4.69) is 21.9 Å². The Bertz CT molecular complexity index is 1810. The molecule has 7 rings (SSSR count). The van der Waals surface area contributed by atoms with Crippen LogP contribution in [0.15, 0.2) is 30.3 Å². The molecule has 46 heavy (non-hydrogen) atoms. The number of fused-ring (bicyclic) bond motifs is 3. The van der Waals surface area contributed by atoms with E-state index in [1.54, 1.807) is 13.0 Å². The number of nitrogens with zero attached hydrogens (tertiary/aromatic N) is 5. The Hall–Kier alpha value is -3.87. The molecule has 3 aliphatic rings. The number of phenols is 1. The van der Waals surface area contributed by atoms with Gasteiger partial charge >= 0.3 is 6.01 Å². The topological polar surface area (TPSA) is 113 Å². The van der Waals surface area contributed by atoms with Crippen LogP contribution in [0.2, 0.25) is 0 Å². The highest BCUT2D eigenvalue weighted by Gasteiger charge is 2.47. The Morgan fingerprint density at radius 1 is 1.09 bits per heavy atom. The summed E-state index contributed by atoms with van der Waals surface area (Å²) in [6.45, 7) is 4.02. The molecule has 2 aromatic heterocycles. The summed E-state index contributed by atoms with van der Waals surface area (Å²) in [5.41, 5.74) is -1.57. The van der Waals surface area contributed by atoms with Crippen molar-refractivity contribution in [2.75, 3.05) is 58.5 Å². The zero-order chi connectivity index (χ0) is 32.2. The van der Waals surface area contributed by atoms with Gasteiger partial charge in [0, 0.05) is 29.0 Å². The molecule has 1 unspecified atom stereocenters. The molecule has 3 atom stereocenters. The van der Waals surface area contributed by atoms with Gasteiger partial charge in [-0.3, -0.25) is 0 Å². The summed E-state index contributed by atoms with van der Waals surface area (Å²) in [6.07, 6.45) is 5.34. The fourth-order valence-electron chi connectivity index (χ4n) is 7.84. The number of aromatic hydroxyl groups is 1. The molecule has 4 heterocycles. The van der Waals surface area contributed by atoms with Crippen molar-refractivity contribution < 1.29 is 33.2 Å². The molecular weight excluding hydrogens is 596 g/mol. The van der Waals surface area contributed by atoms with Crippen molar-refractivity contribution in [2.24, 2.45) is 5.41 Å². The van der Waals surface area contributed by atoms with Crippen molar-refractivity contribution >= 4 is 27.5 Å². The normalized spacial score (nSPS) is 25.5. The quantitative estimate of drug-likeness (QED) is 0.298. The predicted octanol–water partition coefficient (Wildman–Crippen LogP) is 5.07. The monoisotopic (exact) mass is 635 g/mol. The van der Waals surface area contributed by atoms with Crippen LogP contribution in [0.4, 0.5) is 14.6 Å². The molecule has 3 fully saturated rings. The van der Waals surface area contributed by atoms with E-state index >= 15 is 8.78 Å². The molecule has 0 amide bonds. The summed E-state index contributed by atoms with van der Waals surface area (Å²) in [7, 11) is 3.56. The van der Waals surface area contributed by atoms with Gasteiger partial charge in [0.15, 0.2) is 5.82 Å². The van der Waals surface area contributed by atoms with Gasteiger partial charge in [0.1, 0.15) is 39.6 Å². The van der Waals surface area contributed by atoms with E-state index in [0.29, 0.717) is 31.2 Å². The maximum atomic E-state index is 16.9. The van der Waals surface area contributed by atoms with Gasteiger partial charge in [-0.25, -0.2) is 13.8 Å². The first-order valence-corrected chi connectivity index (χ1v) is 15.8. The molecule has 10 nitrogen and oxygen atoms in total. The largest absolute Gasteiger partial charge is 0.508 e. The van der Waals surface area contributed by atoms with Crippen LogP contribution in [0.5, 0.6) is 17.6 Å². The van der Waals surface area contributed by atoms with Gasteiger partial charge < -0.3 is 34.2 Å². The van der Waals surface area contributed by atoms with Crippen molar-refractivity contribution in [3.63, 3.8) is 0 Å². The number of hydrogen-bond donors (Lipinski definition) is 2. The van der Waals surface area contributed by atoms with Crippen molar-refractivity contribution in [3.8, 4) is 28.9 Å². The van der Waals surface area contributed by atoms with Crippen molar-refractivity contribution in [1.29, 1.82) is 0 Å². The number of methoxy groups -OCH3 is 1. The smallest absolute Gasteiger partial charge is 0.319 e. The van der Waals surface area contributed by atoms with Gasteiger partial charge in [-0.15, -0.1) is 0 Å². The molecule has 244 valence electrons. The summed E-state index contributed by atoms with van der Waals surface area (Å²) < 4.78 is 49.9. The maximum Gasteiger partial charge on any atom is 0.319 e. The number of likely N-dealkylation sites (tertiary alicyclic amines) is 1. The predicted molar refractivity (Wildman–Crippen MR) is 169 cm³/mol. The lowest BCUT2D eigenvalue weighted by Crippen LogP contribution is -2.50. The lowest BCUT2D eigenvalue weighted by atomic mass is 9.76. The standard InChI is InChI=1S/C34H39F2N5O5/c1-33(43)17-41(13-14-45-18-33)30-26-29(38-32(39-30)46-19-34-10-5-9-24(34)40(2)12-6-11-34)27(36)28(37-31(26)44-3)22-16-21(42)15-20-7-4-8-23(35)25(20)22/h4,7-8,15-16,24,42-43H,5-6,9-14,17-19H2,1-3H3/t24?,33-,34+/m0/s1. The molecule has 12 heteroatoms. The molecule has 0 radical (unpaired) electrons. The van der Waals surface area contributed by atoms with Gasteiger partial charge in [0.2, 0.25) is 5.88 Å². The van der Waals surface area contributed by atoms with Crippen molar-refractivity contribution in [2.45, 2.75) is 50.7 Å². The van der Waals surface area contributed by atoms with Crippen molar-refractivity contribution in [1.82, 2.24) is 19.9 Å². The van der Waals surface area contributed by atoms with Gasteiger partial charge in [-0.1, -0.05) is 18.6 Å². The fourth-order valence-corrected chi connectivity index (χ4v) is 7.84. The second-order valence-corrected chi connectivity index (χ2v) is 13.3. The summed E-state index contributed by atoms with van der Waals surface area (Å²) in [6, 6.07) is 7.51. The first kappa shape index (κ1) is 30.8. The number of phenolic OH excluding ortho intramolecular Hbond substituents is 1. The van der Waals surface area contributed by atoms with Crippen LogP contribution in [-0.2, 0) is 4.74 Å². The highest BCUT2D eigenvalue weighted by atomic mass is 19.1. The van der Waals surface area contributed by atoms with Crippen LogP contribution < -0.4 is 14.4 Å². The second-order valence-electron chi connectivity index (χ2n) is 13.3. The van der Waals surface area contributed by atoms with Crippen LogP contribution in [0.1, 0.15) is 39.0 Å². The lowest BCUT2D eigenvalue weighted by Gasteiger charge is -2.44. The van der Waals surface area contributed by atoms with E-state index in [0.717, 1.165) is 38.6 Å². The van der Waals surface area contributed by atoms with Gasteiger partial charge in [0.25, 0.3) is 0 Å². The number of anilines is 1. The molecule has 0 bridgehead atoms. The Morgan fingerprint density at radius 3 is 2.74 bits per heavy atom. The average Bonchev–Trinajstić information content (AvgIpc) is 3.38. The molecule has 1 aliphatic carbocycles. The highest BCUT2D eigenvalue weighted by Crippen LogP contribution is 2.48. The Morgan fingerprint density at radius 2 is 1.91 bits per heavy atom. The highest BCUT2D eigenvalue weighted by molar-refractivity contribution is 6.02. The number of β-amino-alcohol motifs (C(OH)–C–C–N with tert-alkyl or cyclic N) is 1. The van der Waals surface area contributed by atoms with Gasteiger partial charge in [0.05, 0.1) is 33.5 Å². The molecule has 2 saturated heterocycles. The fraction of sp³-hybridized carbons (Fsp3) is 0.500. The van der Waals surface area contributed by atoms with Crippen LogP contribution >= 0.6 is 0 Å². The molecular formula is C34H39F2N5O5. The van der Waals surface area contributed by atoms with Crippen LogP contribution in [0.3, 0.4) is 0 Å². The number of hydrogen-bond acceptors (Lipinski definition) is 10. The third-order valence-electron chi connectivity index (χ3n) is 9.89. The Labute approximate surface area is 265 Å². The molecule has 4 aromatic rings. The van der Waals surface area contributed by atoms with E-state index in [1.807, 2.05) is 4.90 Å². The number of pyridine rings is 1. The van der Waals surface area contributed by atoms with E-state index < -0.39 is 17.2 Å². The van der Waals surface area contributed by atoms with E-state index in [-0.39, 0.29) is 69.6 Å². The minimum absolute atomic E-state index is 0.00828. The molecule has 2 N–H and O–H groups in total. The number of aromatic nitrogens is 3. The number of piperidine rings is 1. The number of aliphatic hydroxyl groups is 1. The van der Waals surface area contributed by atoms with Crippen LogP contribution in [0.25, 0.3) is 32.9 Å². The van der Waals surface area contributed by atoms with E-state index in [4.69, 9.17) is 19.2 Å².